The number of hydrogen-bond donors (Lipinski definition) is 2. The number of hydrogen-bond acceptors (Lipinski definition) is 2. The Labute approximate surface area is 96.6 Å². The Balaban J connectivity index is 2.08. The van der Waals surface area contributed by atoms with Gasteiger partial charge in [-0.05, 0) is 12.8 Å². The molecular formula is C11H21N3O2. The van der Waals surface area contributed by atoms with Gasteiger partial charge in [0.1, 0.15) is 0 Å². The zero-order valence-electron chi connectivity index (χ0n) is 10.1. The van der Waals surface area contributed by atoms with E-state index in [0.29, 0.717) is 19.0 Å². The number of amides is 3. The molecule has 1 aliphatic carbocycles. The van der Waals surface area contributed by atoms with Gasteiger partial charge in [0.05, 0.1) is 0 Å². The van der Waals surface area contributed by atoms with Crippen LogP contribution in [0.1, 0.15) is 32.1 Å². The molecule has 16 heavy (non-hydrogen) atoms. The predicted octanol–water partition coefficient (Wildman–Crippen LogP) is 0.706. The minimum absolute atomic E-state index is 0.0289. The smallest absolute Gasteiger partial charge is 0.315 e. The second-order valence-corrected chi connectivity index (χ2v) is 4.42. The number of carbonyl (C=O) groups is 2. The lowest BCUT2D eigenvalue weighted by Gasteiger charge is -2.14. The Morgan fingerprint density at radius 2 is 1.88 bits per heavy atom. The molecule has 1 saturated carbocycles. The first-order chi connectivity index (χ1) is 7.59. The summed E-state index contributed by atoms with van der Waals surface area (Å²) < 4.78 is 0. The third-order valence-electron chi connectivity index (χ3n) is 2.81. The molecule has 5 nitrogen and oxygen atoms in total. The van der Waals surface area contributed by atoms with Crippen LogP contribution in [-0.2, 0) is 4.79 Å². The Morgan fingerprint density at radius 3 is 2.44 bits per heavy atom. The molecule has 0 unspecified atom stereocenters. The van der Waals surface area contributed by atoms with E-state index in [0.717, 1.165) is 12.8 Å². The predicted molar refractivity (Wildman–Crippen MR) is 62.1 cm³/mol. The number of rotatable bonds is 4. The maximum atomic E-state index is 11.4. The highest BCUT2D eigenvalue weighted by Gasteiger charge is 2.16. The molecule has 0 spiro atoms. The van der Waals surface area contributed by atoms with E-state index in [1.807, 2.05) is 0 Å². The molecule has 0 aromatic heterocycles. The molecule has 1 aliphatic rings. The number of urea groups is 1. The Kier molecular flexibility index (Phi) is 5.08. The largest absolute Gasteiger partial charge is 0.349 e. The van der Waals surface area contributed by atoms with E-state index in [2.05, 4.69) is 10.6 Å². The topological polar surface area (TPSA) is 61.4 Å². The molecule has 0 heterocycles. The Hall–Kier alpha value is -1.26. The van der Waals surface area contributed by atoms with Crippen LogP contribution in [0.15, 0.2) is 0 Å². The first kappa shape index (κ1) is 12.8. The molecule has 0 bridgehead atoms. The fourth-order valence-electron chi connectivity index (χ4n) is 1.81. The standard InChI is InChI=1S/C11H21N3O2/c1-14(2)10(15)7-8-12-11(16)13-9-5-3-4-6-9/h9H,3-8H2,1-2H3,(H2,12,13,16). The van der Waals surface area contributed by atoms with Crippen LogP contribution in [0.3, 0.4) is 0 Å². The summed E-state index contributed by atoms with van der Waals surface area (Å²) in [6, 6.07) is 0.169. The summed E-state index contributed by atoms with van der Waals surface area (Å²) >= 11 is 0. The lowest BCUT2D eigenvalue weighted by molar-refractivity contribution is -0.128. The highest BCUT2D eigenvalue weighted by Crippen LogP contribution is 2.17. The van der Waals surface area contributed by atoms with Crippen molar-refractivity contribution in [3.05, 3.63) is 0 Å². The zero-order valence-corrected chi connectivity index (χ0v) is 10.1. The molecule has 0 aliphatic heterocycles. The fourth-order valence-corrected chi connectivity index (χ4v) is 1.81. The van der Waals surface area contributed by atoms with Gasteiger partial charge in [-0.25, -0.2) is 4.79 Å². The van der Waals surface area contributed by atoms with Gasteiger partial charge < -0.3 is 15.5 Å². The van der Waals surface area contributed by atoms with Gasteiger partial charge in [-0.2, -0.15) is 0 Å². The first-order valence-electron chi connectivity index (χ1n) is 5.84. The van der Waals surface area contributed by atoms with Gasteiger partial charge in [-0.3, -0.25) is 4.79 Å². The number of carbonyl (C=O) groups excluding carboxylic acids is 2. The maximum Gasteiger partial charge on any atom is 0.315 e. The molecule has 0 saturated heterocycles. The van der Waals surface area contributed by atoms with Gasteiger partial charge in [-0.15, -0.1) is 0 Å². The van der Waals surface area contributed by atoms with Crippen LogP contribution in [0.2, 0.25) is 0 Å². The molecule has 0 atom stereocenters. The molecule has 1 fully saturated rings. The summed E-state index contributed by atoms with van der Waals surface area (Å²) in [5.41, 5.74) is 0. The molecule has 0 aromatic carbocycles. The van der Waals surface area contributed by atoms with E-state index >= 15 is 0 Å². The monoisotopic (exact) mass is 227 g/mol. The van der Waals surface area contributed by atoms with E-state index in [1.165, 1.54) is 17.7 Å². The fraction of sp³-hybridized carbons (Fsp3) is 0.818. The summed E-state index contributed by atoms with van der Waals surface area (Å²) in [6.07, 6.45) is 4.90. The Bertz CT molecular complexity index is 248. The number of nitrogens with zero attached hydrogens (tertiary/aromatic N) is 1. The van der Waals surface area contributed by atoms with Crippen molar-refractivity contribution in [2.75, 3.05) is 20.6 Å². The molecule has 92 valence electrons. The minimum atomic E-state index is -0.154. The van der Waals surface area contributed by atoms with Gasteiger partial charge in [0.25, 0.3) is 0 Å². The lowest BCUT2D eigenvalue weighted by atomic mass is 10.2. The van der Waals surface area contributed by atoms with Crippen molar-refractivity contribution >= 4 is 11.9 Å². The molecular weight excluding hydrogens is 206 g/mol. The van der Waals surface area contributed by atoms with Crippen LogP contribution < -0.4 is 10.6 Å². The van der Waals surface area contributed by atoms with Crippen molar-refractivity contribution in [2.24, 2.45) is 0 Å². The average molecular weight is 227 g/mol. The molecule has 1 rings (SSSR count). The van der Waals surface area contributed by atoms with Gasteiger partial charge in [-0.1, -0.05) is 12.8 Å². The van der Waals surface area contributed by atoms with Crippen molar-refractivity contribution in [2.45, 2.75) is 38.1 Å². The highest BCUT2D eigenvalue weighted by atomic mass is 16.2. The van der Waals surface area contributed by atoms with Crippen LogP contribution >= 0.6 is 0 Å². The first-order valence-corrected chi connectivity index (χ1v) is 5.84. The summed E-state index contributed by atoms with van der Waals surface area (Å²) in [6.45, 7) is 0.398. The molecule has 5 heteroatoms. The van der Waals surface area contributed by atoms with Crippen LogP contribution in [0, 0.1) is 0 Å². The van der Waals surface area contributed by atoms with Crippen LogP contribution in [0.4, 0.5) is 4.79 Å². The zero-order chi connectivity index (χ0) is 12.0. The van der Waals surface area contributed by atoms with Crippen molar-refractivity contribution in [3.63, 3.8) is 0 Å². The number of nitrogens with one attached hydrogen (secondary N) is 2. The normalized spacial score (nSPS) is 15.9. The van der Waals surface area contributed by atoms with E-state index < -0.39 is 0 Å². The van der Waals surface area contributed by atoms with E-state index in [9.17, 15) is 9.59 Å². The summed E-state index contributed by atoms with van der Waals surface area (Å²) in [5, 5.41) is 5.60. The third kappa shape index (κ3) is 4.51. The second kappa shape index (κ2) is 6.35. The van der Waals surface area contributed by atoms with Gasteiger partial charge >= 0.3 is 6.03 Å². The molecule has 0 radical (unpaired) electrons. The van der Waals surface area contributed by atoms with Crippen molar-refractivity contribution < 1.29 is 9.59 Å². The second-order valence-electron chi connectivity index (χ2n) is 4.42. The summed E-state index contributed by atoms with van der Waals surface area (Å²) in [7, 11) is 3.42. The van der Waals surface area contributed by atoms with Crippen molar-refractivity contribution in [1.29, 1.82) is 0 Å². The average Bonchev–Trinajstić information content (AvgIpc) is 2.70. The van der Waals surface area contributed by atoms with Gasteiger partial charge in [0.2, 0.25) is 5.91 Å². The molecule has 2 N–H and O–H groups in total. The molecule has 0 aromatic rings. The van der Waals surface area contributed by atoms with Gasteiger partial charge in [0.15, 0.2) is 0 Å². The lowest BCUT2D eigenvalue weighted by Crippen LogP contribution is -2.42. The quantitative estimate of drug-likeness (QED) is 0.743. The van der Waals surface area contributed by atoms with Gasteiger partial charge in [0, 0.05) is 33.1 Å². The molecule has 3 amide bonds. The third-order valence-corrected chi connectivity index (χ3v) is 2.81. The minimum Gasteiger partial charge on any atom is -0.349 e. The Morgan fingerprint density at radius 1 is 1.25 bits per heavy atom. The van der Waals surface area contributed by atoms with Crippen molar-refractivity contribution in [3.8, 4) is 0 Å². The van der Waals surface area contributed by atoms with Crippen molar-refractivity contribution in [1.82, 2.24) is 15.5 Å². The van der Waals surface area contributed by atoms with E-state index in [4.69, 9.17) is 0 Å². The van der Waals surface area contributed by atoms with Crippen LogP contribution in [-0.4, -0.2) is 43.5 Å². The summed E-state index contributed by atoms with van der Waals surface area (Å²) in [4.78, 5) is 24.2. The van der Waals surface area contributed by atoms with E-state index in [1.54, 1.807) is 14.1 Å². The summed E-state index contributed by atoms with van der Waals surface area (Å²) in [5.74, 6) is 0.0289. The van der Waals surface area contributed by atoms with E-state index in [-0.39, 0.29) is 11.9 Å². The van der Waals surface area contributed by atoms with Crippen LogP contribution in [0.5, 0.6) is 0 Å². The highest BCUT2D eigenvalue weighted by molar-refractivity contribution is 5.78. The maximum absolute atomic E-state index is 11.4. The van der Waals surface area contributed by atoms with Crippen LogP contribution in [0.25, 0.3) is 0 Å². The SMILES string of the molecule is CN(C)C(=O)CCNC(=O)NC1CCCC1.